The Morgan fingerprint density at radius 2 is 2.12 bits per heavy atom. The molecule has 0 radical (unpaired) electrons. The summed E-state index contributed by atoms with van der Waals surface area (Å²) in [5.74, 6) is 1.47. The van der Waals surface area contributed by atoms with Gasteiger partial charge in [-0.25, -0.2) is 0 Å². The second-order valence-electron chi connectivity index (χ2n) is 5.38. The molecule has 1 N–H and O–H groups in total. The van der Waals surface area contributed by atoms with E-state index in [4.69, 9.17) is 14.6 Å². The Morgan fingerprint density at radius 1 is 1.35 bits per heavy atom. The summed E-state index contributed by atoms with van der Waals surface area (Å²) in [6.07, 6.45) is 4.43. The van der Waals surface area contributed by atoms with Gasteiger partial charge in [-0.3, -0.25) is 0 Å². The highest BCUT2D eigenvalue weighted by molar-refractivity contribution is 7.99. The maximum atomic E-state index is 9.05. The van der Waals surface area contributed by atoms with Crippen LogP contribution in [0, 0.1) is 5.92 Å². The maximum Gasteiger partial charge on any atom is 0.0736 e. The Bertz CT molecular complexity index is 223. The van der Waals surface area contributed by atoms with Crippen LogP contribution >= 0.6 is 11.8 Å². The molecule has 2 unspecified atom stereocenters. The van der Waals surface area contributed by atoms with Crippen molar-refractivity contribution in [3.63, 3.8) is 0 Å². The molecule has 2 heterocycles. The standard InChI is InChI=1S/C13H24O3S/c1-11(9-14)10-17-12-2-5-16-13(8-12)3-6-15-7-4-13/h11-12,14H,2-10H2,1H3. The number of hydrogen-bond acceptors (Lipinski definition) is 4. The summed E-state index contributed by atoms with van der Waals surface area (Å²) in [7, 11) is 0. The van der Waals surface area contributed by atoms with E-state index < -0.39 is 0 Å². The smallest absolute Gasteiger partial charge is 0.0736 e. The van der Waals surface area contributed by atoms with Crippen LogP contribution in [-0.4, -0.2) is 48.1 Å². The number of ether oxygens (including phenoxy) is 2. The summed E-state index contributed by atoms with van der Waals surface area (Å²) in [6, 6.07) is 0. The molecular formula is C13H24O3S. The van der Waals surface area contributed by atoms with Gasteiger partial charge in [-0.1, -0.05) is 6.92 Å². The highest BCUT2D eigenvalue weighted by Gasteiger charge is 2.39. The van der Waals surface area contributed by atoms with Crippen LogP contribution < -0.4 is 0 Å². The Morgan fingerprint density at radius 3 is 2.82 bits per heavy atom. The van der Waals surface area contributed by atoms with Gasteiger partial charge >= 0.3 is 0 Å². The van der Waals surface area contributed by atoms with Crippen LogP contribution in [0.15, 0.2) is 0 Å². The quantitative estimate of drug-likeness (QED) is 0.840. The largest absolute Gasteiger partial charge is 0.396 e. The zero-order chi connectivity index (χ0) is 12.1. The molecule has 0 aromatic carbocycles. The highest BCUT2D eigenvalue weighted by Crippen LogP contribution is 2.38. The third-order valence-corrected chi connectivity index (χ3v) is 5.42. The Labute approximate surface area is 108 Å². The molecule has 2 rings (SSSR count). The first-order valence-electron chi connectivity index (χ1n) is 6.68. The van der Waals surface area contributed by atoms with Crippen molar-refractivity contribution in [2.45, 2.75) is 43.5 Å². The fourth-order valence-electron chi connectivity index (χ4n) is 2.57. The molecule has 0 aromatic heterocycles. The molecule has 3 nitrogen and oxygen atoms in total. The highest BCUT2D eigenvalue weighted by atomic mass is 32.2. The van der Waals surface area contributed by atoms with Crippen molar-refractivity contribution >= 4 is 11.8 Å². The van der Waals surface area contributed by atoms with E-state index in [-0.39, 0.29) is 5.60 Å². The zero-order valence-electron chi connectivity index (χ0n) is 10.7. The lowest BCUT2D eigenvalue weighted by Gasteiger charge is -2.43. The summed E-state index contributed by atoms with van der Waals surface area (Å²) in [4.78, 5) is 0. The number of rotatable bonds is 4. The number of aliphatic hydroxyl groups excluding tert-OH is 1. The number of hydrogen-bond donors (Lipinski definition) is 1. The van der Waals surface area contributed by atoms with Crippen LogP contribution in [0.3, 0.4) is 0 Å². The van der Waals surface area contributed by atoms with Gasteiger partial charge in [0.25, 0.3) is 0 Å². The third-order valence-electron chi connectivity index (χ3n) is 3.78. The van der Waals surface area contributed by atoms with Crippen molar-refractivity contribution in [3.05, 3.63) is 0 Å². The van der Waals surface area contributed by atoms with Crippen LogP contribution in [0.2, 0.25) is 0 Å². The second-order valence-corrected chi connectivity index (χ2v) is 6.71. The molecule has 0 saturated carbocycles. The molecule has 17 heavy (non-hydrogen) atoms. The molecule has 0 aromatic rings. The molecule has 1 spiro atoms. The van der Waals surface area contributed by atoms with Gasteiger partial charge in [0.05, 0.1) is 5.60 Å². The first-order chi connectivity index (χ1) is 8.24. The Kier molecular flexibility index (Phi) is 5.15. The monoisotopic (exact) mass is 260 g/mol. The fraction of sp³-hybridized carbons (Fsp3) is 1.00. The molecule has 0 bridgehead atoms. The molecule has 0 aliphatic carbocycles. The summed E-state index contributed by atoms with van der Waals surface area (Å²) in [5.41, 5.74) is 0.108. The average Bonchev–Trinajstić information content (AvgIpc) is 2.37. The lowest BCUT2D eigenvalue weighted by Crippen LogP contribution is -2.45. The van der Waals surface area contributed by atoms with Gasteiger partial charge < -0.3 is 14.6 Å². The molecule has 2 atom stereocenters. The lowest BCUT2D eigenvalue weighted by atomic mass is 9.86. The normalized spacial score (nSPS) is 30.4. The van der Waals surface area contributed by atoms with Crippen LogP contribution in [0.4, 0.5) is 0 Å². The zero-order valence-corrected chi connectivity index (χ0v) is 11.5. The minimum absolute atomic E-state index is 0.108. The lowest BCUT2D eigenvalue weighted by molar-refractivity contribution is -0.131. The van der Waals surface area contributed by atoms with Crippen molar-refractivity contribution in [1.29, 1.82) is 0 Å². The average molecular weight is 260 g/mol. The number of thioether (sulfide) groups is 1. The van der Waals surface area contributed by atoms with E-state index in [1.165, 1.54) is 6.42 Å². The summed E-state index contributed by atoms with van der Waals surface area (Å²) in [5, 5.41) is 9.76. The van der Waals surface area contributed by atoms with Crippen LogP contribution in [0.5, 0.6) is 0 Å². The molecule has 2 aliphatic heterocycles. The molecule has 2 saturated heterocycles. The summed E-state index contributed by atoms with van der Waals surface area (Å²) in [6.45, 7) is 5.01. The second kappa shape index (κ2) is 6.41. The fourth-order valence-corrected chi connectivity index (χ4v) is 3.96. The molecule has 0 amide bonds. The SMILES string of the molecule is CC(CO)CSC1CCOC2(CCOCC2)C1. The van der Waals surface area contributed by atoms with Crippen LogP contribution in [0.1, 0.15) is 32.6 Å². The van der Waals surface area contributed by atoms with Gasteiger partial charge in [-0.2, -0.15) is 11.8 Å². The summed E-state index contributed by atoms with van der Waals surface area (Å²) >= 11 is 2.02. The predicted octanol–water partition coefficient (Wildman–Crippen LogP) is 2.08. The van der Waals surface area contributed by atoms with Gasteiger partial charge in [-0.15, -0.1) is 0 Å². The van der Waals surface area contributed by atoms with Crippen molar-refractivity contribution in [2.75, 3.05) is 32.2 Å². The van der Waals surface area contributed by atoms with Gasteiger partial charge in [0, 0.05) is 31.7 Å². The molecule has 2 fully saturated rings. The van der Waals surface area contributed by atoms with Gasteiger partial charge in [-0.05, 0) is 37.4 Å². The van der Waals surface area contributed by atoms with Crippen molar-refractivity contribution in [3.8, 4) is 0 Å². The van der Waals surface area contributed by atoms with E-state index in [0.717, 1.165) is 44.8 Å². The van der Waals surface area contributed by atoms with Gasteiger partial charge in [0.1, 0.15) is 0 Å². The number of aliphatic hydroxyl groups is 1. The van der Waals surface area contributed by atoms with E-state index >= 15 is 0 Å². The molecule has 100 valence electrons. The minimum atomic E-state index is 0.108. The van der Waals surface area contributed by atoms with Crippen LogP contribution in [0.25, 0.3) is 0 Å². The van der Waals surface area contributed by atoms with Crippen molar-refractivity contribution in [1.82, 2.24) is 0 Å². The Hall–Kier alpha value is 0.230. The van der Waals surface area contributed by atoms with E-state index in [1.807, 2.05) is 11.8 Å². The first kappa shape index (κ1) is 13.7. The molecule has 2 aliphatic rings. The van der Waals surface area contributed by atoms with E-state index in [1.54, 1.807) is 0 Å². The third kappa shape index (κ3) is 3.85. The predicted molar refractivity (Wildman–Crippen MR) is 70.5 cm³/mol. The maximum absolute atomic E-state index is 9.05. The van der Waals surface area contributed by atoms with Crippen molar-refractivity contribution in [2.24, 2.45) is 5.92 Å². The van der Waals surface area contributed by atoms with E-state index in [2.05, 4.69) is 6.92 Å². The Balaban J connectivity index is 1.79. The van der Waals surface area contributed by atoms with Gasteiger partial charge in [0.2, 0.25) is 0 Å². The van der Waals surface area contributed by atoms with Crippen molar-refractivity contribution < 1.29 is 14.6 Å². The molecular weight excluding hydrogens is 236 g/mol. The van der Waals surface area contributed by atoms with Gasteiger partial charge in [0.15, 0.2) is 0 Å². The minimum Gasteiger partial charge on any atom is -0.396 e. The first-order valence-corrected chi connectivity index (χ1v) is 7.73. The van der Waals surface area contributed by atoms with Crippen LogP contribution in [-0.2, 0) is 9.47 Å². The summed E-state index contributed by atoms with van der Waals surface area (Å²) < 4.78 is 11.5. The van der Waals surface area contributed by atoms with E-state index in [9.17, 15) is 0 Å². The topological polar surface area (TPSA) is 38.7 Å². The van der Waals surface area contributed by atoms with E-state index in [0.29, 0.717) is 17.8 Å². The molecule has 4 heteroatoms.